The summed E-state index contributed by atoms with van der Waals surface area (Å²) >= 11 is 0. The van der Waals surface area contributed by atoms with E-state index in [0.29, 0.717) is 24.0 Å². The van der Waals surface area contributed by atoms with E-state index in [1.165, 1.54) is 4.90 Å². The highest BCUT2D eigenvalue weighted by Crippen LogP contribution is 2.33. The first-order valence-electron chi connectivity index (χ1n) is 10.1. The van der Waals surface area contributed by atoms with Crippen LogP contribution in [0.4, 0.5) is 0 Å². The Labute approximate surface area is 173 Å². The van der Waals surface area contributed by atoms with Crippen LogP contribution < -0.4 is 11.1 Å². The number of imide groups is 1. The van der Waals surface area contributed by atoms with E-state index in [0.717, 1.165) is 12.8 Å². The summed E-state index contributed by atoms with van der Waals surface area (Å²) in [6.07, 6.45) is 2.62. The largest absolute Gasteiger partial charge is 0.480 e. The summed E-state index contributed by atoms with van der Waals surface area (Å²) in [5.74, 6) is -3.83. The Kier molecular flexibility index (Phi) is 6.49. The standard InChI is InChI=1S/C21H25N3O6/c22-17(25)10-9-16(21(29)30)23-18(26)13-6-2-1-5-12(13)11-24-19(27)14-7-3-4-8-15(14)20(24)28/h3-4,7-8,12-13,16H,1-2,5-6,9-11H2,(H2,22,25)(H,23,26)(H,29,30). The van der Waals surface area contributed by atoms with Crippen LogP contribution in [0.15, 0.2) is 24.3 Å². The number of hydrogen-bond acceptors (Lipinski definition) is 5. The Bertz CT molecular complexity index is 848. The van der Waals surface area contributed by atoms with E-state index in [2.05, 4.69) is 5.32 Å². The van der Waals surface area contributed by atoms with Crippen molar-refractivity contribution in [1.82, 2.24) is 10.2 Å². The van der Waals surface area contributed by atoms with Crippen LogP contribution in [-0.2, 0) is 14.4 Å². The predicted molar refractivity (Wildman–Crippen MR) is 105 cm³/mol. The average molecular weight is 415 g/mol. The van der Waals surface area contributed by atoms with Gasteiger partial charge in [-0.05, 0) is 37.3 Å². The number of carboxylic acid groups (broad SMARTS) is 1. The van der Waals surface area contributed by atoms with Crippen molar-refractivity contribution in [2.24, 2.45) is 17.6 Å². The number of amides is 4. The molecular formula is C21H25N3O6. The van der Waals surface area contributed by atoms with Crippen molar-refractivity contribution >= 4 is 29.6 Å². The number of carbonyl (C=O) groups excluding carboxylic acids is 4. The third-order valence-corrected chi connectivity index (χ3v) is 5.84. The molecule has 1 aliphatic carbocycles. The molecule has 4 amide bonds. The lowest BCUT2D eigenvalue weighted by atomic mass is 9.78. The van der Waals surface area contributed by atoms with Crippen molar-refractivity contribution in [2.45, 2.75) is 44.6 Å². The number of rotatable bonds is 8. The zero-order chi connectivity index (χ0) is 21.8. The second-order valence-electron chi connectivity index (χ2n) is 7.82. The van der Waals surface area contributed by atoms with Crippen LogP contribution in [-0.4, -0.2) is 52.2 Å². The van der Waals surface area contributed by atoms with Gasteiger partial charge in [0.15, 0.2) is 0 Å². The van der Waals surface area contributed by atoms with Crippen LogP contribution >= 0.6 is 0 Å². The lowest BCUT2D eigenvalue weighted by molar-refractivity contribution is -0.143. The van der Waals surface area contributed by atoms with Gasteiger partial charge in [0.25, 0.3) is 11.8 Å². The molecule has 0 saturated heterocycles. The first kappa shape index (κ1) is 21.5. The molecule has 4 N–H and O–H groups in total. The topological polar surface area (TPSA) is 147 Å². The molecule has 1 aromatic carbocycles. The number of carboxylic acids is 1. The highest BCUT2D eigenvalue weighted by Gasteiger charge is 2.40. The van der Waals surface area contributed by atoms with Crippen molar-refractivity contribution in [3.63, 3.8) is 0 Å². The number of nitrogens with one attached hydrogen (secondary N) is 1. The molecule has 9 nitrogen and oxygen atoms in total. The van der Waals surface area contributed by atoms with Gasteiger partial charge in [0.2, 0.25) is 11.8 Å². The van der Waals surface area contributed by atoms with Gasteiger partial charge in [-0.3, -0.25) is 24.1 Å². The predicted octanol–water partition coefficient (Wildman–Crippen LogP) is 0.924. The first-order chi connectivity index (χ1) is 14.3. The van der Waals surface area contributed by atoms with Crippen LogP contribution in [0, 0.1) is 11.8 Å². The number of carbonyl (C=O) groups is 5. The van der Waals surface area contributed by atoms with Crippen molar-refractivity contribution < 1.29 is 29.1 Å². The van der Waals surface area contributed by atoms with Crippen LogP contribution in [0.1, 0.15) is 59.2 Å². The molecule has 1 heterocycles. The molecule has 3 rings (SSSR count). The van der Waals surface area contributed by atoms with Crippen LogP contribution in [0.5, 0.6) is 0 Å². The lowest BCUT2D eigenvalue weighted by Gasteiger charge is -2.33. The van der Waals surface area contributed by atoms with Crippen molar-refractivity contribution in [3.05, 3.63) is 35.4 Å². The Balaban J connectivity index is 1.70. The van der Waals surface area contributed by atoms with E-state index >= 15 is 0 Å². The molecule has 0 bridgehead atoms. The molecule has 1 aromatic rings. The van der Waals surface area contributed by atoms with E-state index in [1.54, 1.807) is 24.3 Å². The lowest BCUT2D eigenvalue weighted by Crippen LogP contribution is -2.48. The third kappa shape index (κ3) is 4.50. The summed E-state index contributed by atoms with van der Waals surface area (Å²) in [7, 11) is 0. The Morgan fingerprint density at radius 1 is 1.10 bits per heavy atom. The Morgan fingerprint density at radius 3 is 2.27 bits per heavy atom. The van der Waals surface area contributed by atoms with E-state index in [4.69, 9.17) is 5.73 Å². The van der Waals surface area contributed by atoms with Crippen molar-refractivity contribution in [1.29, 1.82) is 0 Å². The molecule has 160 valence electrons. The molecule has 3 unspecified atom stereocenters. The van der Waals surface area contributed by atoms with Crippen molar-refractivity contribution in [3.8, 4) is 0 Å². The Hall–Kier alpha value is -3.23. The number of primary amides is 1. The van der Waals surface area contributed by atoms with Gasteiger partial charge < -0.3 is 16.2 Å². The summed E-state index contributed by atoms with van der Waals surface area (Å²) in [5, 5.41) is 11.8. The highest BCUT2D eigenvalue weighted by atomic mass is 16.4. The van der Waals surface area contributed by atoms with Gasteiger partial charge in [-0.15, -0.1) is 0 Å². The van der Waals surface area contributed by atoms with E-state index in [-0.39, 0.29) is 37.1 Å². The zero-order valence-corrected chi connectivity index (χ0v) is 16.5. The maximum atomic E-state index is 12.8. The number of nitrogens with two attached hydrogens (primary N) is 1. The molecular weight excluding hydrogens is 390 g/mol. The monoisotopic (exact) mass is 415 g/mol. The van der Waals surface area contributed by atoms with Gasteiger partial charge in [-0.2, -0.15) is 0 Å². The van der Waals surface area contributed by atoms with E-state index in [9.17, 15) is 29.1 Å². The summed E-state index contributed by atoms with van der Waals surface area (Å²) < 4.78 is 0. The molecule has 9 heteroatoms. The summed E-state index contributed by atoms with van der Waals surface area (Å²) in [5.41, 5.74) is 5.79. The molecule has 0 aromatic heterocycles. The SMILES string of the molecule is NC(=O)CCC(NC(=O)C1CCCCC1CN1C(=O)c2ccccc2C1=O)C(=O)O. The fraction of sp³-hybridized carbons (Fsp3) is 0.476. The average Bonchev–Trinajstić information content (AvgIpc) is 2.96. The molecule has 2 aliphatic rings. The van der Waals surface area contributed by atoms with E-state index in [1.807, 2.05) is 0 Å². The number of nitrogens with zero attached hydrogens (tertiary/aromatic N) is 1. The first-order valence-corrected chi connectivity index (χ1v) is 10.1. The molecule has 30 heavy (non-hydrogen) atoms. The minimum Gasteiger partial charge on any atom is -0.480 e. The van der Waals surface area contributed by atoms with Gasteiger partial charge in [-0.25, -0.2) is 4.79 Å². The van der Waals surface area contributed by atoms with Gasteiger partial charge in [0.1, 0.15) is 6.04 Å². The maximum Gasteiger partial charge on any atom is 0.326 e. The normalized spacial score (nSPS) is 21.8. The number of benzene rings is 1. The fourth-order valence-corrected chi connectivity index (χ4v) is 4.23. The third-order valence-electron chi connectivity index (χ3n) is 5.84. The molecule has 3 atom stereocenters. The molecule has 0 radical (unpaired) electrons. The number of aliphatic carboxylic acids is 1. The Morgan fingerprint density at radius 2 is 1.70 bits per heavy atom. The molecule has 1 aliphatic heterocycles. The molecule has 1 fully saturated rings. The summed E-state index contributed by atoms with van der Waals surface area (Å²) in [6.45, 7) is 0.115. The quantitative estimate of drug-likeness (QED) is 0.538. The van der Waals surface area contributed by atoms with Gasteiger partial charge in [0.05, 0.1) is 11.1 Å². The maximum absolute atomic E-state index is 12.8. The van der Waals surface area contributed by atoms with Gasteiger partial charge in [0, 0.05) is 18.9 Å². The summed E-state index contributed by atoms with van der Waals surface area (Å²) in [4.78, 5) is 61.7. The fourth-order valence-electron chi connectivity index (χ4n) is 4.23. The second kappa shape index (κ2) is 9.06. The van der Waals surface area contributed by atoms with Crippen molar-refractivity contribution in [2.75, 3.05) is 6.54 Å². The van der Waals surface area contributed by atoms with Crippen LogP contribution in [0.2, 0.25) is 0 Å². The molecule has 1 saturated carbocycles. The smallest absolute Gasteiger partial charge is 0.326 e. The van der Waals surface area contributed by atoms with Gasteiger partial charge in [-0.1, -0.05) is 25.0 Å². The van der Waals surface area contributed by atoms with Crippen LogP contribution in [0.3, 0.4) is 0 Å². The summed E-state index contributed by atoms with van der Waals surface area (Å²) in [6, 6.07) is 5.39. The van der Waals surface area contributed by atoms with Gasteiger partial charge >= 0.3 is 5.97 Å². The minimum atomic E-state index is -1.24. The second-order valence-corrected chi connectivity index (χ2v) is 7.82. The highest BCUT2D eigenvalue weighted by molar-refractivity contribution is 6.21. The van der Waals surface area contributed by atoms with E-state index < -0.39 is 29.7 Å². The minimum absolute atomic E-state index is 0.0911. The zero-order valence-electron chi connectivity index (χ0n) is 16.5. The van der Waals surface area contributed by atoms with Crippen LogP contribution in [0.25, 0.3) is 0 Å². The number of hydrogen-bond donors (Lipinski definition) is 3. The molecule has 0 spiro atoms. The number of fused-ring (bicyclic) bond motifs is 1.